The summed E-state index contributed by atoms with van der Waals surface area (Å²) in [6.45, 7) is 0. The van der Waals surface area contributed by atoms with Crippen molar-refractivity contribution in [3.05, 3.63) is 12.2 Å². The summed E-state index contributed by atoms with van der Waals surface area (Å²) in [5, 5.41) is 0. The quantitative estimate of drug-likeness (QED) is 0.586. The van der Waals surface area contributed by atoms with Crippen molar-refractivity contribution >= 4 is 11.9 Å². The summed E-state index contributed by atoms with van der Waals surface area (Å²) in [7, 11) is 1.29. The Labute approximate surface area is 120 Å². The average molecular weight is 280 g/mol. The van der Waals surface area contributed by atoms with E-state index in [1.54, 1.807) is 0 Å². The largest absolute Gasteiger partial charge is 0.466 e. The molecule has 0 aromatic carbocycles. The maximum absolute atomic E-state index is 12.0. The number of carbonyl (C=O) groups is 2. The summed E-state index contributed by atoms with van der Waals surface area (Å²) in [6, 6.07) is 0. The van der Waals surface area contributed by atoms with Gasteiger partial charge in [-0.25, -0.2) is 9.59 Å². The minimum absolute atomic E-state index is 0.285. The molecule has 0 aliphatic heterocycles. The molecule has 2 aliphatic rings. The molecule has 0 radical (unpaired) electrons. The summed E-state index contributed by atoms with van der Waals surface area (Å²) in [5.74, 6) is -0.442. The average Bonchev–Trinajstić information content (AvgIpc) is 3.00. The van der Waals surface area contributed by atoms with Crippen LogP contribution in [0.15, 0.2) is 12.2 Å². The van der Waals surface area contributed by atoms with Crippen LogP contribution in [0, 0.1) is 5.92 Å². The van der Waals surface area contributed by atoms with Crippen LogP contribution in [-0.4, -0.2) is 24.6 Å². The number of rotatable bonds is 4. The molecule has 0 N–H and O–H groups in total. The van der Waals surface area contributed by atoms with Crippen LogP contribution in [0.25, 0.3) is 0 Å². The fourth-order valence-corrected chi connectivity index (χ4v) is 3.63. The molecule has 0 spiro atoms. The van der Waals surface area contributed by atoms with Crippen molar-refractivity contribution in [2.45, 2.75) is 63.4 Å². The number of hydrogen-bond donors (Lipinski definition) is 0. The van der Waals surface area contributed by atoms with Gasteiger partial charge < -0.3 is 9.47 Å². The normalized spacial score (nSPS) is 22.9. The molecular formula is C16H24O4. The minimum atomic E-state index is -0.527. The lowest BCUT2D eigenvalue weighted by molar-refractivity contribution is -0.165. The monoisotopic (exact) mass is 280 g/mol. The van der Waals surface area contributed by atoms with Gasteiger partial charge in [-0.2, -0.15) is 0 Å². The Bertz CT molecular complexity index is 374. The van der Waals surface area contributed by atoms with Crippen LogP contribution in [0.4, 0.5) is 0 Å². The highest BCUT2D eigenvalue weighted by molar-refractivity contribution is 5.91. The SMILES string of the molecule is COC(=O)/C=C\C(=O)OC1(C2CCCC2)CCCCC1. The smallest absolute Gasteiger partial charge is 0.331 e. The highest BCUT2D eigenvalue weighted by Crippen LogP contribution is 2.45. The molecule has 0 aromatic rings. The molecule has 0 atom stereocenters. The molecule has 0 saturated heterocycles. The first-order valence-electron chi connectivity index (χ1n) is 7.65. The van der Waals surface area contributed by atoms with Gasteiger partial charge in [0.1, 0.15) is 5.60 Å². The summed E-state index contributed by atoms with van der Waals surface area (Å²) >= 11 is 0. The summed E-state index contributed by atoms with van der Waals surface area (Å²) in [5.41, 5.74) is -0.285. The predicted molar refractivity (Wildman–Crippen MR) is 75.0 cm³/mol. The second kappa shape index (κ2) is 6.91. The third kappa shape index (κ3) is 3.62. The third-order valence-corrected chi connectivity index (χ3v) is 4.66. The summed E-state index contributed by atoms with van der Waals surface area (Å²) < 4.78 is 10.3. The van der Waals surface area contributed by atoms with Gasteiger partial charge in [0.15, 0.2) is 0 Å². The number of carbonyl (C=O) groups excluding carboxylic acids is 2. The summed E-state index contributed by atoms with van der Waals surface area (Å²) in [6.07, 6.45) is 12.5. The molecule has 20 heavy (non-hydrogen) atoms. The van der Waals surface area contributed by atoms with Crippen LogP contribution in [0.5, 0.6) is 0 Å². The number of hydrogen-bond acceptors (Lipinski definition) is 4. The third-order valence-electron chi connectivity index (χ3n) is 4.66. The van der Waals surface area contributed by atoms with Crippen LogP contribution in [0.3, 0.4) is 0 Å². The highest BCUT2D eigenvalue weighted by Gasteiger charge is 2.43. The first-order valence-corrected chi connectivity index (χ1v) is 7.65. The molecule has 4 heteroatoms. The van der Waals surface area contributed by atoms with E-state index in [1.165, 1.54) is 32.4 Å². The van der Waals surface area contributed by atoms with Gasteiger partial charge in [-0.15, -0.1) is 0 Å². The molecule has 4 nitrogen and oxygen atoms in total. The van der Waals surface area contributed by atoms with E-state index in [0.717, 1.165) is 44.6 Å². The molecule has 0 unspecified atom stereocenters. The van der Waals surface area contributed by atoms with E-state index in [4.69, 9.17) is 4.74 Å². The lowest BCUT2D eigenvalue weighted by atomic mass is 9.74. The number of ether oxygens (including phenoxy) is 2. The zero-order valence-corrected chi connectivity index (χ0v) is 12.2. The number of methoxy groups -OCH3 is 1. The zero-order chi connectivity index (χ0) is 14.4. The van der Waals surface area contributed by atoms with Gasteiger partial charge in [-0.05, 0) is 44.4 Å². The van der Waals surface area contributed by atoms with Gasteiger partial charge in [0.25, 0.3) is 0 Å². The zero-order valence-electron chi connectivity index (χ0n) is 12.2. The molecule has 2 fully saturated rings. The van der Waals surface area contributed by atoms with Gasteiger partial charge >= 0.3 is 11.9 Å². The Morgan fingerprint density at radius 3 is 2.15 bits per heavy atom. The molecule has 2 rings (SSSR count). The lowest BCUT2D eigenvalue weighted by Gasteiger charge is -2.41. The van der Waals surface area contributed by atoms with Crippen molar-refractivity contribution in [1.82, 2.24) is 0 Å². The van der Waals surface area contributed by atoms with Crippen molar-refractivity contribution in [2.75, 3.05) is 7.11 Å². The Morgan fingerprint density at radius 2 is 1.55 bits per heavy atom. The Balaban J connectivity index is 2.02. The first-order chi connectivity index (χ1) is 9.66. The van der Waals surface area contributed by atoms with Crippen molar-refractivity contribution in [3.8, 4) is 0 Å². The Morgan fingerprint density at radius 1 is 0.950 bits per heavy atom. The fraction of sp³-hybridized carbons (Fsp3) is 0.750. The van der Waals surface area contributed by atoms with Gasteiger partial charge in [0.05, 0.1) is 7.11 Å². The molecule has 0 bridgehead atoms. The molecule has 0 amide bonds. The van der Waals surface area contributed by atoms with Crippen molar-refractivity contribution in [2.24, 2.45) is 5.92 Å². The molecule has 0 aromatic heterocycles. The van der Waals surface area contributed by atoms with Gasteiger partial charge in [-0.1, -0.05) is 19.3 Å². The Kier molecular flexibility index (Phi) is 5.21. The van der Waals surface area contributed by atoms with Crippen LogP contribution in [-0.2, 0) is 19.1 Å². The van der Waals surface area contributed by atoms with E-state index in [1.807, 2.05) is 0 Å². The summed E-state index contributed by atoms with van der Waals surface area (Å²) in [4.78, 5) is 23.0. The first kappa shape index (κ1) is 15.1. The maximum atomic E-state index is 12.0. The standard InChI is InChI=1S/C16H24O4/c1-19-14(17)9-10-15(18)20-16(11-5-2-6-12-16)13-7-3-4-8-13/h9-10,13H,2-8,11-12H2,1H3/b10-9-. The van der Waals surface area contributed by atoms with Crippen LogP contribution < -0.4 is 0 Å². The van der Waals surface area contributed by atoms with Crippen LogP contribution in [0.2, 0.25) is 0 Å². The van der Waals surface area contributed by atoms with Crippen molar-refractivity contribution in [3.63, 3.8) is 0 Å². The van der Waals surface area contributed by atoms with E-state index in [9.17, 15) is 9.59 Å². The predicted octanol–water partition coefficient (Wildman–Crippen LogP) is 3.15. The van der Waals surface area contributed by atoms with E-state index >= 15 is 0 Å². The van der Waals surface area contributed by atoms with Crippen molar-refractivity contribution in [1.29, 1.82) is 0 Å². The van der Waals surface area contributed by atoms with Crippen LogP contribution >= 0.6 is 0 Å². The van der Waals surface area contributed by atoms with Gasteiger partial charge in [-0.3, -0.25) is 0 Å². The van der Waals surface area contributed by atoms with E-state index in [-0.39, 0.29) is 5.60 Å². The van der Waals surface area contributed by atoms with E-state index in [0.29, 0.717) is 5.92 Å². The second-order valence-electron chi connectivity index (χ2n) is 5.88. The van der Waals surface area contributed by atoms with Gasteiger partial charge in [0.2, 0.25) is 0 Å². The minimum Gasteiger partial charge on any atom is -0.466 e. The topological polar surface area (TPSA) is 52.6 Å². The van der Waals surface area contributed by atoms with Gasteiger partial charge in [0, 0.05) is 12.2 Å². The molecule has 112 valence electrons. The van der Waals surface area contributed by atoms with E-state index in [2.05, 4.69) is 4.74 Å². The second-order valence-corrected chi connectivity index (χ2v) is 5.88. The number of esters is 2. The molecular weight excluding hydrogens is 256 g/mol. The molecule has 2 saturated carbocycles. The highest BCUT2D eigenvalue weighted by atomic mass is 16.6. The molecule has 2 aliphatic carbocycles. The lowest BCUT2D eigenvalue weighted by Crippen LogP contribution is -2.43. The fourth-order valence-electron chi connectivity index (χ4n) is 3.63. The van der Waals surface area contributed by atoms with Crippen molar-refractivity contribution < 1.29 is 19.1 Å². The van der Waals surface area contributed by atoms with E-state index < -0.39 is 11.9 Å². The maximum Gasteiger partial charge on any atom is 0.331 e. The van der Waals surface area contributed by atoms with Crippen LogP contribution in [0.1, 0.15) is 57.8 Å². The Hall–Kier alpha value is -1.32. The molecule has 0 heterocycles.